The molecular weight excluding hydrogens is 280 g/mol. The molecule has 0 saturated heterocycles. The molecule has 3 aromatic rings. The van der Waals surface area contributed by atoms with Gasteiger partial charge in [-0.05, 0) is 37.1 Å². The number of ether oxygens (including phenoxy) is 1. The molecule has 112 valence electrons. The van der Waals surface area contributed by atoms with Crippen molar-refractivity contribution in [2.24, 2.45) is 0 Å². The first-order valence-electron chi connectivity index (χ1n) is 7.04. The molecule has 0 aliphatic heterocycles. The van der Waals surface area contributed by atoms with E-state index in [1.54, 1.807) is 24.3 Å². The van der Waals surface area contributed by atoms with Crippen LogP contribution in [0.4, 0.5) is 0 Å². The normalized spacial score (nSPS) is 11.0. The Balaban J connectivity index is 2.40. The third-order valence-corrected chi connectivity index (χ3v) is 4.03. The van der Waals surface area contributed by atoms with E-state index in [2.05, 4.69) is 0 Å². The van der Waals surface area contributed by atoms with Crippen molar-refractivity contribution in [1.82, 2.24) is 0 Å². The Kier molecular flexibility index (Phi) is 3.45. The summed E-state index contributed by atoms with van der Waals surface area (Å²) in [6, 6.07) is 8.95. The molecule has 0 spiro atoms. The predicted molar refractivity (Wildman–Crippen MR) is 85.2 cm³/mol. The molecule has 0 N–H and O–H groups in total. The summed E-state index contributed by atoms with van der Waals surface area (Å²) in [5, 5.41) is 1.04. The van der Waals surface area contributed by atoms with E-state index < -0.39 is 0 Å². The minimum Gasteiger partial charge on any atom is -0.469 e. The van der Waals surface area contributed by atoms with Gasteiger partial charge in [0.05, 0.1) is 24.3 Å². The molecule has 0 aliphatic carbocycles. The number of aryl methyl sites for hydroxylation is 2. The molecule has 0 atom stereocenters. The Hall–Kier alpha value is -2.62. The second kappa shape index (κ2) is 5.30. The maximum absolute atomic E-state index is 12.7. The molecule has 0 unspecified atom stereocenters. The zero-order chi connectivity index (χ0) is 15.9. The van der Waals surface area contributed by atoms with Gasteiger partial charge >= 0.3 is 5.97 Å². The quantitative estimate of drug-likeness (QED) is 0.538. The van der Waals surface area contributed by atoms with Crippen molar-refractivity contribution in [3.05, 3.63) is 57.2 Å². The summed E-state index contributed by atoms with van der Waals surface area (Å²) in [6.45, 7) is 3.90. The number of fused-ring (bicyclic) bond motifs is 2. The van der Waals surface area contributed by atoms with Crippen LogP contribution >= 0.6 is 0 Å². The van der Waals surface area contributed by atoms with Crippen LogP contribution in [0.2, 0.25) is 0 Å². The Bertz CT molecular complexity index is 951. The number of carbonyl (C=O) groups excluding carboxylic acids is 1. The van der Waals surface area contributed by atoms with E-state index in [-0.39, 0.29) is 17.8 Å². The minimum absolute atomic E-state index is 0.0765. The number of hydrogen-bond acceptors (Lipinski definition) is 4. The van der Waals surface area contributed by atoms with Crippen LogP contribution in [0.1, 0.15) is 16.7 Å². The van der Waals surface area contributed by atoms with Crippen molar-refractivity contribution in [3.8, 4) is 0 Å². The van der Waals surface area contributed by atoms with Crippen molar-refractivity contribution in [2.45, 2.75) is 20.3 Å². The monoisotopic (exact) mass is 296 g/mol. The molecular formula is C18H16O4. The lowest BCUT2D eigenvalue weighted by Gasteiger charge is -2.09. The van der Waals surface area contributed by atoms with Crippen LogP contribution in [-0.4, -0.2) is 13.1 Å². The van der Waals surface area contributed by atoms with E-state index in [0.29, 0.717) is 27.5 Å². The van der Waals surface area contributed by atoms with Crippen LogP contribution in [-0.2, 0) is 16.0 Å². The molecule has 1 heterocycles. The lowest BCUT2D eigenvalue weighted by Crippen LogP contribution is -2.08. The van der Waals surface area contributed by atoms with Crippen LogP contribution in [0.3, 0.4) is 0 Å². The SMILES string of the molecule is COC(=O)Cc1cccc2c(=O)c3ccc(C)c(C)c3oc12. The first-order chi connectivity index (χ1) is 10.5. The summed E-state index contributed by atoms with van der Waals surface area (Å²) in [5.41, 5.74) is 3.61. The van der Waals surface area contributed by atoms with Crippen LogP contribution in [0, 0.1) is 13.8 Å². The standard InChI is InChI=1S/C18H16O4/c1-10-7-8-14-16(20)13-6-4-5-12(9-15(19)21-3)18(13)22-17(14)11(10)2/h4-8H,9H2,1-3H3. The second-order valence-corrected chi connectivity index (χ2v) is 5.36. The number of methoxy groups -OCH3 is 1. The first-order valence-corrected chi connectivity index (χ1v) is 7.04. The van der Waals surface area contributed by atoms with Gasteiger partial charge in [0.2, 0.25) is 5.43 Å². The summed E-state index contributed by atoms with van der Waals surface area (Å²) in [7, 11) is 1.34. The molecule has 0 saturated carbocycles. The average Bonchev–Trinajstić information content (AvgIpc) is 2.52. The highest BCUT2D eigenvalue weighted by Gasteiger charge is 2.15. The highest BCUT2D eigenvalue weighted by Crippen LogP contribution is 2.26. The van der Waals surface area contributed by atoms with E-state index in [0.717, 1.165) is 11.1 Å². The van der Waals surface area contributed by atoms with E-state index in [1.807, 2.05) is 19.9 Å². The molecule has 4 nitrogen and oxygen atoms in total. The van der Waals surface area contributed by atoms with Crippen molar-refractivity contribution < 1.29 is 13.9 Å². The van der Waals surface area contributed by atoms with Gasteiger partial charge in [-0.25, -0.2) is 0 Å². The van der Waals surface area contributed by atoms with Crippen LogP contribution in [0.15, 0.2) is 39.5 Å². The predicted octanol–water partition coefficient (Wildman–Crippen LogP) is 3.28. The summed E-state index contributed by atoms with van der Waals surface area (Å²) >= 11 is 0. The number of carbonyl (C=O) groups is 1. The van der Waals surface area contributed by atoms with Crippen molar-refractivity contribution in [1.29, 1.82) is 0 Å². The number of benzene rings is 2. The van der Waals surface area contributed by atoms with Crippen molar-refractivity contribution in [3.63, 3.8) is 0 Å². The zero-order valence-electron chi connectivity index (χ0n) is 12.7. The van der Waals surface area contributed by atoms with Gasteiger partial charge in [-0.15, -0.1) is 0 Å². The van der Waals surface area contributed by atoms with Crippen molar-refractivity contribution in [2.75, 3.05) is 7.11 Å². The third kappa shape index (κ3) is 2.17. The highest BCUT2D eigenvalue weighted by atomic mass is 16.5. The fourth-order valence-electron chi connectivity index (χ4n) is 2.60. The second-order valence-electron chi connectivity index (χ2n) is 5.36. The van der Waals surface area contributed by atoms with Gasteiger partial charge < -0.3 is 9.15 Å². The number of rotatable bonds is 2. The summed E-state index contributed by atoms with van der Waals surface area (Å²) in [4.78, 5) is 24.2. The largest absolute Gasteiger partial charge is 0.469 e. The maximum atomic E-state index is 12.7. The van der Waals surface area contributed by atoms with Crippen LogP contribution < -0.4 is 5.43 Å². The van der Waals surface area contributed by atoms with Gasteiger partial charge in [0.15, 0.2) is 0 Å². The van der Waals surface area contributed by atoms with Crippen LogP contribution in [0.5, 0.6) is 0 Å². The Morgan fingerprint density at radius 3 is 2.55 bits per heavy atom. The van der Waals surface area contributed by atoms with E-state index in [4.69, 9.17) is 9.15 Å². The number of hydrogen-bond donors (Lipinski definition) is 0. The third-order valence-electron chi connectivity index (χ3n) is 4.03. The van der Waals surface area contributed by atoms with Gasteiger partial charge in [0.25, 0.3) is 0 Å². The Labute approximate surface area is 127 Å². The van der Waals surface area contributed by atoms with Gasteiger partial charge in [0, 0.05) is 5.56 Å². The van der Waals surface area contributed by atoms with E-state index >= 15 is 0 Å². The topological polar surface area (TPSA) is 56.5 Å². The van der Waals surface area contributed by atoms with E-state index in [1.165, 1.54) is 7.11 Å². The van der Waals surface area contributed by atoms with Gasteiger partial charge in [-0.3, -0.25) is 9.59 Å². The fourth-order valence-corrected chi connectivity index (χ4v) is 2.60. The van der Waals surface area contributed by atoms with Crippen molar-refractivity contribution >= 4 is 27.9 Å². The first kappa shape index (κ1) is 14.3. The average molecular weight is 296 g/mol. The number of para-hydroxylation sites is 1. The highest BCUT2D eigenvalue weighted by molar-refractivity contribution is 5.93. The lowest BCUT2D eigenvalue weighted by atomic mass is 10.0. The number of esters is 1. The minimum atomic E-state index is -0.365. The van der Waals surface area contributed by atoms with Gasteiger partial charge in [0.1, 0.15) is 11.2 Å². The molecule has 4 heteroatoms. The molecule has 0 fully saturated rings. The Morgan fingerprint density at radius 1 is 1.09 bits per heavy atom. The summed E-state index contributed by atoms with van der Waals surface area (Å²) < 4.78 is 10.7. The summed E-state index contributed by atoms with van der Waals surface area (Å²) in [5.74, 6) is -0.365. The van der Waals surface area contributed by atoms with Crippen LogP contribution in [0.25, 0.3) is 21.9 Å². The van der Waals surface area contributed by atoms with Gasteiger partial charge in [-0.2, -0.15) is 0 Å². The fraction of sp³-hybridized carbons (Fsp3) is 0.222. The molecule has 0 radical (unpaired) electrons. The molecule has 0 aliphatic rings. The van der Waals surface area contributed by atoms with E-state index in [9.17, 15) is 9.59 Å². The Morgan fingerprint density at radius 2 is 1.82 bits per heavy atom. The smallest absolute Gasteiger partial charge is 0.310 e. The molecule has 0 bridgehead atoms. The molecule has 1 aromatic heterocycles. The van der Waals surface area contributed by atoms with Gasteiger partial charge in [-0.1, -0.05) is 18.2 Å². The zero-order valence-corrected chi connectivity index (χ0v) is 12.7. The molecule has 3 rings (SSSR count). The molecule has 22 heavy (non-hydrogen) atoms. The summed E-state index contributed by atoms with van der Waals surface area (Å²) in [6.07, 6.45) is 0.0765. The maximum Gasteiger partial charge on any atom is 0.310 e. The molecule has 0 amide bonds. The lowest BCUT2D eigenvalue weighted by molar-refractivity contribution is -0.139. The molecule has 2 aromatic carbocycles.